The molecule has 374 valence electrons. The van der Waals surface area contributed by atoms with E-state index in [2.05, 4.69) is 288 Å². The monoisotopic (exact) mass is 1020 g/mol. The van der Waals surface area contributed by atoms with Crippen LogP contribution in [-0.4, -0.2) is 24.1 Å². The van der Waals surface area contributed by atoms with Crippen LogP contribution in [0.4, 0.5) is 0 Å². The van der Waals surface area contributed by atoms with Gasteiger partial charge in [-0.2, -0.15) is 9.97 Å². The van der Waals surface area contributed by atoms with Crippen molar-refractivity contribution in [2.24, 2.45) is 0 Å². The van der Waals surface area contributed by atoms with Crippen LogP contribution in [0.1, 0.15) is 0 Å². The van der Waals surface area contributed by atoms with E-state index in [1.54, 1.807) is 0 Å². The molecule has 0 saturated heterocycles. The Balaban J connectivity index is 1.11. The third kappa shape index (κ3) is 8.07. The number of rotatable bonds is 10. The third-order valence-corrected chi connectivity index (χ3v) is 15.6. The number of aromatic nitrogens is 5. The fourth-order valence-corrected chi connectivity index (χ4v) is 11.9. The number of hydrogen-bond acceptors (Lipinski definition) is 3. The van der Waals surface area contributed by atoms with Gasteiger partial charge in [0.15, 0.2) is 11.6 Å². The molecule has 0 spiro atoms. The first kappa shape index (κ1) is 46.5. The van der Waals surface area contributed by atoms with E-state index < -0.39 is 0 Å². The van der Waals surface area contributed by atoms with Crippen LogP contribution in [-0.2, 0) is 0 Å². The minimum atomic E-state index is 0.521. The average Bonchev–Trinajstić information content (AvgIpc) is 4.13. The van der Waals surface area contributed by atoms with Crippen molar-refractivity contribution in [3.8, 4) is 101 Å². The summed E-state index contributed by atoms with van der Waals surface area (Å²) < 4.78 is 4.80. The zero-order valence-electron chi connectivity index (χ0n) is 43.5. The number of hydrogen-bond donors (Lipinski definition) is 0. The number of benzene rings is 12. The van der Waals surface area contributed by atoms with Crippen molar-refractivity contribution < 1.29 is 0 Å². The van der Waals surface area contributed by atoms with Crippen molar-refractivity contribution >= 4 is 43.6 Å². The summed E-state index contributed by atoms with van der Waals surface area (Å²) in [6.45, 7) is 0. The smallest absolute Gasteiger partial charge is 0.238 e. The Morgan fingerprint density at radius 1 is 0.225 bits per heavy atom. The molecule has 15 rings (SSSR count). The minimum Gasteiger partial charge on any atom is -0.307 e. The molecule has 0 unspecified atom stereocenters. The molecule has 0 radical (unpaired) electrons. The largest absolute Gasteiger partial charge is 0.307 e. The van der Waals surface area contributed by atoms with Gasteiger partial charge in [0, 0.05) is 49.5 Å². The van der Waals surface area contributed by atoms with Gasteiger partial charge in [-0.15, -0.1) is 0 Å². The van der Waals surface area contributed by atoms with Gasteiger partial charge in [-0.25, -0.2) is 4.98 Å². The molecule has 5 heteroatoms. The highest BCUT2D eigenvalue weighted by molar-refractivity contribution is 6.33. The van der Waals surface area contributed by atoms with Crippen LogP contribution in [0.25, 0.3) is 145 Å². The molecule has 5 nitrogen and oxygen atoms in total. The van der Waals surface area contributed by atoms with Gasteiger partial charge in [0.05, 0.1) is 22.1 Å². The zero-order chi connectivity index (χ0) is 52.9. The summed E-state index contributed by atoms with van der Waals surface area (Å²) in [4.78, 5) is 16.5. The van der Waals surface area contributed by atoms with Gasteiger partial charge >= 0.3 is 0 Å². The van der Waals surface area contributed by atoms with Crippen molar-refractivity contribution in [2.75, 3.05) is 0 Å². The van der Waals surface area contributed by atoms with Gasteiger partial charge in [0.2, 0.25) is 5.95 Å². The highest BCUT2D eigenvalue weighted by Gasteiger charge is 2.30. The highest BCUT2D eigenvalue weighted by Crippen LogP contribution is 2.52. The zero-order valence-corrected chi connectivity index (χ0v) is 43.5. The predicted molar refractivity (Wildman–Crippen MR) is 332 cm³/mol. The molecule has 3 heterocycles. The lowest BCUT2D eigenvalue weighted by Gasteiger charge is -2.19. The summed E-state index contributed by atoms with van der Waals surface area (Å²) in [6.07, 6.45) is 0. The Kier molecular flexibility index (Phi) is 11.4. The highest BCUT2D eigenvalue weighted by atomic mass is 15.2. The fraction of sp³-hybridized carbons (Fsp3) is 0. The first-order chi connectivity index (χ1) is 39.7. The summed E-state index contributed by atoms with van der Waals surface area (Å²) in [7, 11) is 0. The molecule has 12 aromatic carbocycles. The van der Waals surface area contributed by atoms with Gasteiger partial charge in [0.25, 0.3) is 0 Å². The van der Waals surface area contributed by atoms with Crippen LogP contribution < -0.4 is 0 Å². The van der Waals surface area contributed by atoms with Gasteiger partial charge in [-0.3, -0.25) is 4.57 Å². The first-order valence-corrected chi connectivity index (χ1v) is 27.2. The maximum absolute atomic E-state index is 5.61. The van der Waals surface area contributed by atoms with E-state index in [0.29, 0.717) is 17.6 Å². The molecule has 0 amide bonds. The number of para-hydroxylation sites is 2. The molecule has 0 aliphatic carbocycles. The Morgan fingerprint density at radius 2 is 0.550 bits per heavy atom. The van der Waals surface area contributed by atoms with E-state index in [9.17, 15) is 0 Å². The Hall–Kier alpha value is -10.8. The molecule has 0 fully saturated rings. The minimum absolute atomic E-state index is 0.521. The van der Waals surface area contributed by atoms with E-state index in [1.807, 2.05) is 18.2 Å². The van der Waals surface area contributed by atoms with Crippen molar-refractivity contribution in [3.05, 3.63) is 297 Å². The molecule has 80 heavy (non-hydrogen) atoms. The summed E-state index contributed by atoms with van der Waals surface area (Å²) in [5.74, 6) is 1.69. The second kappa shape index (κ2) is 19.7. The van der Waals surface area contributed by atoms with Crippen LogP contribution in [0.2, 0.25) is 0 Å². The summed E-state index contributed by atoms with van der Waals surface area (Å²) in [6, 6.07) is 106. The quantitative estimate of drug-likeness (QED) is 0.137. The molecule has 0 saturated carbocycles. The SMILES string of the molecule is c1ccc(-c2ccc(-c3c(-c4ccc(-c5ccccc5)cc4)c4c5ccccc5n(-c5nc(-c6ccccc6)nc(-c6cccc(-c7ccccc7)c6)n5)c4c4c3c3ccccc3n4-c3ccc(-c4ccccc4)cc3)cc2)cc1. The van der Waals surface area contributed by atoms with Gasteiger partial charge < -0.3 is 4.57 Å². The van der Waals surface area contributed by atoms with E-state index >= 15 is 0 Å². The molecule has 0 atom stereocenters. The molecule has 3 aromatic heterocycles. The van der Waals surface area contributed by atoms with E-state index in [4.69, 9.17) is 15.0 Å². The lowest BCUT2D eigenvalue weighted by Crippen LogP contribution is -2.07. The molecule has 0 aliphatic rings. The van der Waals surface area contributed by atoms with Crippen LogP contribution in [0.5, 0.6) is 0 Å². The lowest BCUT2D eigenvalue weighted by molar-refractivity contribution is 0.953. The third-order valence-electron chi connectivity index (χ3n) is 15.6. The summed E-state index contributed by atoms with van der Waals surface area (Å²) in [5, 5.41) is 4.45. The predicted octanol–water partition coefficient (Wildman–Crippen LogP) is 19.4. The Labute approximate surface area is 463 Å². The molecule has 0 aliphatic heterocycles. The maximum Gasteiger partial charge on any atom is 0.238 e. The number of fused-ring (bicyclic) bond motifs is 7. The van der Waals surface area contributed by atoms with Gasteiger partial charge in [0.1, 0.15) is 0 Å². The molecular weight excluding hydrogens is 971 g/mol. The van der Waals surface area contributed by atoms with Gasteiger partial charge in [-0.1, -0.05) is 267 Å². The second-order valence-electron chi connectivity index (χ2n) is 20.3. The Bertz CT molecular complexity index is 4740. The lowest BCUT2D eigenvalue weighted by atomic mass is 9.86. The molecular formula is C75H49N5. The molecule has 15 aromatic rings. The maximum atomic E-state index is 5.61. The Morgan fingerprint density at radius 3 is 1.02 bits per heavy atom. The first-order valence-electron chi connectivity index (χ1n) is 27.2. The van der Waals surface area contributed by atoms with Crippen molar-refractivity contribution in [1.29, 1.82) is 0 Å². The molecule has 0 N–H and O–H groups in total. The second-order valence-corrected chi connectivity index (χ2v) is 20.3. The van der Waals surface area contributed by atoms with Crippen molar-refractivity contribution in [1.82, 2.24) is 24.1 Å². The summed E-state index contributed by atoms with van der Waals surface area (Å²) in [5.41, 5.74) is 20.6. The topological polar surface area (TPSA) is 48.5 Å². The van der Waals surface area contributed by atoms with E-state index in [0.717, 1.165) is 110 Å². The van der Waals surface area contributed by atoms with Crippen LogP contribution in [0.15, 0.2) is 297 Å². The van der Waals surface area contributed by atoms with Crippen LogP contribution in [0, 0.1) is 0 Å². The van der Waals surface area contributed by atoms with E-state index in [1.165, 1.54) is 16.7 Å². The van der Waals surface area contributed by atoms with Crippen LogP contribution >= 0.6 is 0 Å². The number of nitrogens with zero attached hydrogens (tertiary/aromatic N) is 5. The average molecular weight is 1020 g/mol. The van der Waals surface area contributed by atoms with Crippen molar-refractivity contribution in [2.45, 2.75) is 0 Å². The van der Waals surface area contributed by atoms with Crippen molar-refractivity contribution in [3.63, 3.8) is 0 Å². The fourth-order valence-electron chi connectivity index (χ4n) is 11.9. The normalized spacial score (nSPS) is 11.5. The van der Waals surface area contributed by atoms with Crippen LogP contribution in [0.3, 0.4) is 0 Å². The summed E-state index contributed by atoms with van der Waals surface area (Å²) >= 11 is 0. The standard InChI is InChI=1S/C75H49N5/c1-6-21-50(22-7-1)54-37-41-57(42-38-54)67-68(58-43-39-55(40-44-58)51-23-8-2-9-24-51)70-64-34-17-19-36-66(64)80(72(70)71-69(67)63-33-16-18-35-65(63)79(71)62-47-45-56(46-48-62)52-25-10-3-11-26-52)75-77-73(59-29-14-5-15-30-59)76-74(78-75)61-32-20-31-60(49-61)53-27-12-4-13-28-53/h1-49H. The van der Waals surface area contributed by atoms with Gasteiger partial charge in [-0.05, 0) is 86.0 Å². The van der Waals surface area contributed by atoms with E-state index in [-0.39, 0.29) is 0 Å². The molecule has 0 bridgehead atoms.